The summed E-state index contributed by atoms with van der Waals surface area (Å²) >= 11 is 0. The van der Waals surface area contributed by atoms with Gasteiger partial charge in [-0.25, -0.2) is 0 Å². The van der Waals surface area contributed by atoms with Crippen molar-refractivity contribution in [2.24, 2.45) is 7.05 Å². The summed E-state index contributed by atoms with van der Waals surface area (Å²) in [6, 6.07) is 2.38. The lowest BCUT2D eigenvalue weighted by Gasteiger charge is -2.06. The molecule has 102 valence electrons. The Morgan fingerprint density at radius 1 is 1.53 bits per heavy atom. The van der Waals surface area contributed by atoms with E-state index in [1.165, 1.54) is 0 Å². The van der Waals surface area contributed by atoms with Crippen LogP contribution in [0.2, 0.25) is 0 Å². The zero-order valence-electron chi connectivity index (χ0n) is 11.6. The highest BCUT2D eigenvalue weighted by molar-refractivity contribution is 5.32. The van der Waals surface area contributed by atoms with Crippen LogP contribution in [0.25, 0.3) is 0 Å². The first-order valence-electron chi connectivity index (χ1n) is 6.64. The van der Waals surface area contributed by atoms with Gasteiger partial charge in [0.1, 0.15) is 0 Å². The summed E-state index contributed by atoms with van der Waals surface area (Å²) in [6.45, 7) is 2.10. The quantitative estimate of drug-likeness (QED) is 0.870. The minimum Gasteiger partial charge on any atom is -0.338 e. The van der Waals surface area contributed by atoms with Gasteiger partial charge in [-0.1, -0.05) is 5.16 Å². The van der Waals surface area contributed by atoms with Crippen LogP contribution in [-0.4, -0.2) is 33.0 Å². The molecule has 3 rings (SSSR count). The largest absolute Gasteiger partial charge is 0.338 e. The van der Waals surface area contributed by atoms with Crippen molar-refractivity contribution in [3.05, 3.63) is 29.7 Å². The third-order valence-electron chi connectivity index (χ3n) is 3.81. The van der Waals surface area contributed by atoms with Gasteiger partial charge in [0.2, 0.25) is 5.89 Å². The van der Waals surface area contributed by atoms with Gasteiger partial charge in [-0.15, -0.1) is 0 Å². The molecule has 0 aliphatic heterocycles. The summed E-state index contributed by atoms with van der Waals surface area (Å²) in [5.74, 6) is 1.48. The second kappa shape index (κ2) is 4.45. The van der Waals surface area contributed by atoms with Crippen LogP contribution in [0.4, 0.5) is 0 Å². The molecular weight excluding hydrogens is 242 g/mol. The Kier molecular flexibility index (Phi) is 2.89. The standard InChI is InChI=1S/C13H19N5O/c1-9(14-2)8-11-15-12(19-17-11)13(5-6-13)10-4-7-18(3)16-10/h4,7,9,14H,5-6,8H2,1-3H3. The van der Waals surface area contributed by atoms with Crippen LogP contribution in [0.3, 0.4) is 0 Å². The van der Waals surface area contributed by atoms with E-state index in [0.29, 0.717) is 11.9 Å². The summed E-state index contributed by atoms with van der Waals surface area (Å²) in [5.41, 5.74) is 0.905. The van der Waals surface area contributed by atoms with Crippen molar-refractivity contribution in [1.82, 2.24) is 25.2 Å². The van der Waals surface area contributed by atoms with Crippen molar-refractivity contribution in [2.45, 2.75) is 37.6 Å². The van der Waals surface area contributed by atoms with Crippen molar-refractivity contribution in [1.29, 1.82) is 0 Å². The van der Waals surface area contributed by atoms with Crippen LogP contribution >= 0.6 is 0 Å². The minimum atomic E-state index is -0.130. The first-order valence-corrected chi connectivity index (χ1v) is 6.64. The van der Waals surface area contributed by atoms with Gasteiger partial charge >= 0.3 is 0 Å². The number of nitrogens with zero attached hydrogens (tertiary/aromatic N) is 4. The molecule has 0 spiro atoms. The molecular formula is C13H19N5O. The molecule has 1 fully saturated rings. The summed E-state index contributed by atoms with van der Waals surface area (Å²) < 4.78 is 7.28. The molecule has 1 unspecified atom stereocenters. The highest BCUT2D eigenvalue weighted by Crippen LogP contribution is 2.52. The fraction of sp³-hybridized carbons (Fsp3) is 0.615. The molecule has 6 heteroatoms. The van der Waals surface area contributed by atoms with Crippen molar-refractivity contribution < 1.29 is 4.52 Å². The monoisotopic (exact) mass is 261 g/mol. The number of hydrogen-bond acceptors (Lipinski definition) is 5. The first kappa shape index (κ1) is 12.3. The smallest absolute Gasteiger partial charge is 0.238 e. The molecule has 0 amide bonds. The first-order chi connectivity index (χ1) is 9.14. The Labute approximate surface area is 112 Å². The summed E-state index contributed by atoms with van der Waals surface area (Å²) in [4.78, 5) is 4.55. The fourth-order valence-corrected chi connectivity index (χ4v) is 2.28. The van der Waals surface area contributed by atoms with Crippen LogP contribution < -0.4 is 5.32 Å². The van der Waals surface area contributed by atoms with Crippen LogP contribution in [-0.2, 0) is 18.9 Å². The molecule has 2 aromatic rings. The SMILES string of the molecule is CNC(C)Cc1noc(C2(c3ccn(C)n3)CC2)n1. The van der Waals surface area contributed by atoms with E-state index in [1.807, 2.05) is 31.0 Å². The second-order valence-corrected chi connectivity index (χ2v) is 5.37. The summed E-state index contributed by atoms with van der Waals surface area (Å²) in [6.07, 6.45) is 4.80. The van der Waals surface area contributed by atoms with Gasteiger partial charge in [0.05, 0.1) is 11.1 Å². The van der Waals surface area contributed by atoms with Gasteiger partial charge in [-0.05, 0) is 32.9 Å². The molecule has 1 N–H and O–H groups in total. The maximum Gasteiger partial charge on any atom is 0.238 e. The molecule has 19 heavy (non-hydrogen) atoms. The molecule has 1 aliphatic carbocycles. The maximum absolute atomic E-state index is 5.46. The van der Waals surface area contributed by atoms with E-state index in [4.69, 9.17) is 4.52 Å². The predicted molar refractivity (Wildman–Crippen MR) is 69.7 cm³/mol. The molecule has 1 atom stereocenters. The summed E-state index contributed by atoms with van der Waals surface area (Å²) in [7, 11) is 3.86. The minimum absolute atomic E-state index is 0.130. The molecule has 0 radical (unpaired) electrons. The second-order valence-electron chi connectivity index (χ2n) is 5.37. The molecule has 0 saturated heterocycles. The number of aryl methyl sites for hydroxylation is 1. The van der Waals surface area contributed by atoms with Crippen molar-refractivity contribution >= 4 is 0 Å². The third-order valence-corrected chi connectivity index (χ3v) is 3.81. The third kappa shape index (κ3) is 2.16. The number of nitrogens with one attached hydrogen (secondary N) is 1. The Morgan fingerprint density at radius 2 is 2.32 bits per heavy atom. The molecule has 1 saturated carbocycles. The molecule has 0 bridgehead atoms. The van der Waals surface area contributed by atoms with E-state index in [-0.39, 0.29) is 5.41 Å². The zero-order valence-corrected chi connectivity index (χ0v) is 11.6. The topological polar surface area (TPSA) is 68.8 Å². The van der Waals surface area contributed by atoms with E-state index in [0.717, 1.165) is 30.8 Å². The van der Waals surface area contributed by atoms with Crippen LogP contribution in [0.15, 0.2) is 16.8 Å². The van der Waals surface area contributed by atoms with Crippen LogP contribution in [0, 0.1) is 0 Å². The summed E-state index contributed by atoms with van der Waals surface area (Å²) in [5, 5.41) is 11.7. The Hall–Kier alpha value is -1.69. The van der Waals surface area contributed by atoms with Gasteiger partial charge < -0.3 is 9.84 Å². The van der Waals surface area contributed by atoms with Gasteiger partial charge in [0.15, 0.2) is 5.82 Å². The van der Waals surface area contributed by atoms with Gasteiger partial charge in [0.25, 0.3) is 0 Å². The highest BCUT2D eigenvalue weighted by atomic mass is 16.5. The number of likely N-dealkylation sites (N-methyl/N-ethyl adjacent to an activating group) is 1. The van der Waals surface area contributed by atoms with Gasteiger partial charge in [0, 0.05) is 25.7 Å². The Balaban J connectivity index is 1.83. The molecule has 6 nitrogen and oxygen atoms in total. The Morgan fingerprint density at radius 3 is 2.89 bits per heavy atom. The number of rotatable bonds is 5. The zero-order chi connectivity index (χ0) is 13.5. The van der Waals surface area contributed by atoms with E-state index >= 15 is 0 Å². The normalized spacial score (nSPS) is 18.5. The lowest BCUT2D eigenvalue weighted by molar-refractivity contribution is 0.352. The van der Waals surface area contributed by atoms with E-state index in [2.05, 4.69) is 27.5 Å². The molecule has 2 heterocycles. The van der Waals surface area contributed by atoms with Gasteiger partial charge in [-0.3, -0.25) is 4.68 Å². The van der Waals surface area contributed by atoms with Crippen molar-refractivity contribution in [2.75, 3.05) is 7.05 Å². The number of aromatic nitrogens is 4. The van der Waals surface area contributed by atoms with Crippen LogP contribution in [0.1, 0.15) is 37.2 Å². The van der Waals surface area contributed by atoms with E-state index in [1.54, 1.807) is 0 Å². The van der Waals surface area contributed by atoms with Crippen molar-refractivity contribution in [3.8, 4) is 0 Å². The predicted octanol–water partition coefficient (Wildman–Crippen LogP) is 1.03. The van der Waals surface area contributed by atoms with Gasteiger partial charge in [-0.2, -0.15) is 10.1 Å². The van der Waals surface area contributed by atoms with Crippen LogP contribution in [0.5, 0.6) is 0 Å². The molecule has 2 aromatic heterocycles. The van der Waals surface area contributed by atoms with E-state index in [9.17, 15) is 0 Å². The number of hydrogen-bond donors (Lipinski definition) is 1. The maximum atomic E-state index is 5.46. The van der Waals surface area contributed by atoms with Crippen molar-refractivity contribution in [3.63, 3.8) is 0 Å². The Bertz CT molecular complexity index is 569. The average Bonchev–Trinajstić information content (AvgIpc) is 2.86. The lowest BCUT2D eigenvalue weighted by atomic mass is 10.0. The fourth-order valence-electron chi connectivity index (χ4n) is 2.28. The molecule has 0 aromatic carbocycles. The molecule has 1 aliphatic rings. The average molecular weight is 261 g/mol. The highest BCUT2D eigenvalue weighted by Gasteiger charge is 2.52. The van der Waals surface area contributed by atoms with E-state index < -0.39 is 0 Å². The lowest BCUT2D eigenvalue weighted by Crippen LogP contribution is -2.24.